The van der Waals surface area contributed by atoms with E-state index in [9.17, 15) is 44.7 Å². The summed E-state index contributed by atoms with van der Waals surface area (Å²) in [6, 6.07) is -0.205. The van der Waals surface area contributed by atoms with Crippen LogP contribution < -0.4 is 36.1 Å². The Kier molecular flexibility index (Phi) is 28.4. The number of aliphatic hydroxyl groups excluding tert-OH is 4. The van der Waals surface area contributed by atoms with Crippen LogP contribution in [-0.2, 0) is 57.1 Å². The standard InChI is InChI=1S/C59H86IN5O22S3/c1-15-16-17-18-36(42-32(19-20-88-90-58(6,7)24-38(68)65-61)59(8,74)23-35(67)44(42)64-57(73)79-14)84-56-51(85-39-22-37(75-10)33(62-9)26-80-39)46(70)31(28(3)82-56)25-63-87-40-21-34(66)53(30(5)81-40)89-54(72)41-27(2)43(60)49(52(78-13)48(41)76-11)86-55-47(71)50(77-12)45(69)29(4)83-55/h15-16,19,25,28-31,33-34,36-37,39-40,45-47,50-51,53,55-56,62,66,69-71,74H,20-24,26,61H2,1-14H3,(H,64,73)(H,65,68)/b16-15-,32-19+,63-25+/t28-,29+,30-,31?,33+,34+,36+,37+,39+,40+,45+,46+,47-,50-,51-,53-,55+,56+,59+/m1/s1. The first-order chi connectivity index (χ1) is 42.6. The molecule has 19 atom stereocenters. The number of halogens is 1. The highest BCUT2D eigenvalue weighted by Crippen LogP contribution is 2.49. The summed E-state index contributed by atoms with van der Waals surface area (Å²) in [6.45, 7) is 13.7. The third-order valence-electron chi connectivity index (χ3n) is 15.7. The minimum absolute atomic E-state index is 0.0219. The van der Waals surface area contributed by atoms with Gasteiger partial charge in [-0.25, -0.2) is 10.6 Å². The normalized spacial score (nSPS) is 33.3. The number of hydrogen-bond donors (Lipinski definition) is 9. The monoisotopic (exact) mass is 1440 g/mol. The fraction of sp³-hybridized carbons (Fsp3) is 0.678. The smallest absolute Gasteiger partial charge is 0.411 e. The lowest BCUT2D eigenvalue weighted by Gasteiger charge is -2.45. The second-order valence-corrected chi connectivity index (χ2v) is 27.9. The maximum absolute atomic E-state index is 14.4. The zero-order chi connectivity index (χ0) is 66.5. The largest absolute Gasteiger partial charge is 0.492 e. The van der Waals surface area contributed by atoms with E-state index in [1.54, 1.807) is 60.9 Å². The molecule has 90 heavy (non-hydrogen) atoms. The molecule has 2 amide bonds. The molecule has 4 fully saturated rings. The Balaban J connectivity index is 1.25. The first-order valence-corrected chi connectivity index (χ1v) is 33.2. The first kappa shape index (κ1) is 75.2. The third-order valence-corrected chi connectivity index (χ3v) is 21.5. The lowest BCUT2D eigenvalue weighted by Crippen LogP contribution is -2.59. The molecule has 1 aromatic rings. The van der Waals surface area contributed by atoms with Gasteiger partial charge in [0.25, 0.3) is 0 Å². The summed E-state index contributed by atoms with van der Waals surface area (Å²) in [6.07, 6.45) is -12.1. The van der Waals surface area contributed by atoms with Gasteiger partial charge in [-0.15, -0.1) is 0 Å². The van der Waals surface area contributed by atoms with Crippen molar-refractivity contribution in [2.24, 2.45) is 16.9 Å². The lowest BCUT2D eigenvalue weighted by atomic mass is 9.76. The van der Waals surface area contributed by atoms with Crippen LogP contribution in [0.5, 0.6) is 17.2 Å². The van der Waals surface area contributed by atoms with Gasteiger partial charge in [0.15, 0.2) is 29.9 Å². The molecule has 0 radical (unpaired) electrons. The molecule has 1 aromatic carbocycles. The predicted octanol–water partition coefficient (Wildman–Crippen LogP) is 3.44. The van der Waals surface area contributed by atoms with Crippen LogP contribution in [-0.4, -0.2) is 224 Å². The third kappa shape index (κ3) is 18.3. The highest BCUT2D eigenvalue weighted by Gasteiger charge is 2.51. The van der Waals surface area contributed by atoms with Crippen molar-refractivity contribution in [1.29, 1.82) is 0 Å². The molecule has 504 valence electrons. The Morgan fingerprint density at radius 2 is 1.63 bits per heavy atom. The summed E-state index contributed by atoms with van der Waals surface area (Å²) < 4.78 is 71.8. The molecule has 1 unspecified atom stereocenters. The molecule has 5 aliphatic rings. The highest BCUT2D eigenvalue weighted by atomic mass is 127. The Labute approximate surface area is 550 Å². The number of thioether (sulfide) groups is 1. The number of nitrogens with zero attached hydrogens (tertiary/aromatic N) is 1. The van der Waals surface area contributed by atoms with Crippen molar-refractivity contribution in [1.82, 2.24) is 16.1 Å². The van der Waals surface area contributed by atoms with Gasteiger partial charge < -0.3 is 92.5 Å². The van der Waals surface area contributed by atoms with Crippen molar-refractivity contribution in [3.05, 3.63) is 49.8 Å². The van der Waals surface area contributed by atoms with Gasteiger partial charge in [-0.1, -0.05) is 62.5 Å². The van der Waals surface area contributed by atoms with E-state index in [0.29, 0.717) is 9.13 Å². The van der Waals surface area contributed by atoms with Crippen LogP contribution >= 0.6 is 55.9 Å². The quantitative estimate of drug-likeness (QED) is 0.0105. The number of aliphatic hydroxyl groups is 5. The fourth-order valence-corrected chi connectivity index (χ4v) is 15.0. The molecule has 4 aliphatic heterocycles. The van der Waals surface area contributed by atoms with Crippen molar-refractivity contribution in [3.8, 4) is 29.1 Å². The number of rotatable bonds is 24. The summed E-state index contributed by atoms with van der Waals surface area (Å²) in [4.78, 5) is 59.6. The fourth-order valence-electron chi connectivity index (χ4n) is 10.9. The van der Waals surface area contributed by atoms with Crippen molar-refractivity contribution in [2.45, 2.75) is 195 Å². The van der Waals surface area contributed by atoms with E-state index in [-0.39, 0.29) is 89.3 Å². The Bertz CT molecular complexity index is 2850. The van der Waals surface area contributed by atoms with E-state index in [1.807, 2.05) is 36.4 Å². The molecular weight excluding hydrogens is 1350 g/mol. The van der Waals surface area contributed by atoms with E-state index in [2.05, 4.69) is 33.1 Å². The van der Waals surface area contributed by atoms with E-state index >= 15 is 0 Å². The number of nitrogens with one attached hydrogen (secondary N) is 3. The van der Waals surface area contributed by atoms with Crippen molar-refractivity contribution < 1.29 is 106 Å². The molecule has 27 nitrogen and oxygen atoms in total. The molecule has 4 saturated heterocycles. The maximum Gasteiger partial charge on any atom is 0.411 e. The SMILES string of the molecule is C/C=C\C#C[C@H](O[C@@H]1O[C@H](C)C(/C=N/O[C@H]2C[C@H](O)[C@H](SC(=O)c3c(C)c(I)c(O[C@@H]4O[C@@H](C)[C@H](O)[C@@H](OC)[C@H]4O)c(OC)c3OC)[C@@H](C)O2)[C@H](O)[C@H]1O[C@H]1C[C@H](OC)[C@@H](NC)CO1)C1=C(NC(=O)OC)C(=O)C[C@](C)(O)/C1=C/CSSC(C)(C)CC(=O)NN. The number of ketones is 1. The second kappa shape index (κ2) is 34.0. The number of amides is 2. The number of hydrogen-bond acceptors (Lipinski definition) is 28. The topological polar surface area (TPSA) is 364 Å². The molecule has 0 saturated carbocycles. The number of carbonyl (C=O) groups excluding carboxylic acids is 4. The van der Waals surface area contributed by atoms with Gasteiger partial charge in [-0.2, -0.15) is 0 Å². The minimum atomic E-state index is -1.84. The number of ether oxygens (including phenoxy) is 12. The molecular formula is C59H86IN5O22S3. The number of nitrogens with two attached hydrogens (primary N) is 1. The van der Waals surface area contributed by atoms with Crippen LogP contribution in [0.1, 0.15) is 90.1 Å². The van der Waals surface area contributed by atoms with Crippen molar-refractivity contribution in [2.75, 3.05) is 55.0 Å². The van der Waals surface area contributed by atoms with E-state index in [1.165, 1.54) is 62.1 Å². The van der Waals surface area contributed by atoms with Gasteiger partial charge in [0, 0.05) is 56.0 Å². The zero-order valence-electron chi connectivity index (χ0n) is 52.7. The summed E-state index contributed by atoms with van der Waals surface area (Å²) in [5.74, 6) is 9.66. The van der Waals surface area contributed by atoms with Crippen LogP contribution in [0.3, 0.4) is 0 Å². The molecule has 31 heteroatoms. The molecule has 0 aromatic heterocycles. The van der Waals surface area contributed by atoms with Crippen LogP contribution in [0.15, 0.2) is 40.2 Å². The lowest BCUT2D eigenvalue weighted by molar-refractivity contribution is -0.326. The number of likely N-dealkylation sites (N-methyl/N-ethyl adjacent to an activating group) is 1. The van der Waals surface area contributed by atoms with Gasteiger partial charge >= 0.3 is 6.09 Å². The van der Waals surface area contributed by atoms with Crippen LogP contribution in [0.4, 0.5) is 4.79 Å². The van der Waals surface area contributed by atoms with Crippen molar-refractivity contribution in [3.63, 3.8) is 0 Å². The summed E-state index contributed by atoms with van der Waals surface area (Å²) in [7, 11) is 11.3. The molecule has 1 aliphatic carbocycles. The van der Waals surface area contributed by atoms with Gasteiger partial charge in [0.05, 0.1) is 108 Å². The van der Waals surface area contributed by atoms with Gasteiger partial charge in [-0.3, -0.25) is 25.1 Å². The van der Waals surface area contributed by atoms with Crippen LogP contribution in [0, 0.1) is 28.3 Å². The number of methoxy groups -OCH3 is 5. The number of benzene rings is 1. The predicted molar refractivity (Wildman–Crippen MR) is 341 cm³/mol. The van der Waals surface area contributed by atoms with E-state index in [4.69, 9.17) is 67.5 Å². The number of hydrazine groups is 1. The molecule has 10 N–H and O–H groups in total. The number of carbonyl (C=O) groups is 4. The van der Waals surface area contributed by atoms with E-state index < -0.39 is 131 Å². The number of alkyl carbamates (subject to hydrolysis) is 1. The van der Waals surface area contributed by atoms with Gasteiger partial charge in [0.2, 0.25) is 29.4 Å². The van der Waals surface area contributed by atoms with Gasteiger partial charge in [-0.05, 0) is 102 Å². The Morgan fingerprint density at radius 1 is 0.933 bits per heavy atom. The highest BCUT2D eigenvalue weighted by molar-refractivity contribution is 14.1. The van der Waals surface area contributed by atoms with E-state index in [0.717, 1.165) is 18.9 Å². The van der Waals surface area contributed by atoms with Crippen molar-refractivity contribution >= 4 is 85.1 Å². The minimum Gasteiger partial charge on any atom is -0.492 e. The Morgan fingerprint density at radius 3 is 2.26 bits per heavy atom. The van der Waals surface area contributed by atoms with Gasteiger partial charge in [0.1, 0.15) is 30.5 Å². The average Bonchev–Trinajstić information content (AvgIpc) is 0.998. The molecule has 4 heterocycles. The summed E-state index contributed by atoms with van der Waals surface area (Å²) in [5.41, 5.74) is 0.748. The number of oxime groups is 1. The Hall–Kier alpha value is -3.87. The number of Topliss-reactive ketones (excluding diaryl/α,β-unsaturated/α-hetero) is 1. The zero-order valence-corrected chi connectivity index (χ0v) is 57.4. The summed E-state index contributed by atoms with van der Waals surface area (Å²) >= 11 is 2.81. The molecule has 6 rings (SSSR count). The molecule has 0 spiro atoms. The molecule has 0 bridgehead atoms. The first-order valence-electron chi connectivity index (χ1n) is 29.0. The average molecular weight is 1440 g/mol. The summed E-state index contributed by atoms with van der Waals surface area (Å²) in [5, 5.41) is 66.5. The van der Waals surface area contributed by atoms with Crippen LogP contribution in [0.2, 0.25) is 0 Å². The second-order valence-electron chi connectivity index (χ2n) is 22.6. The maximum atomic E-state index is 14.4. The number of allylic oxidation sites excluding steroid dienone is 3. The van der Waals surface area contributed by atoms with Crippen LogP contribution in [0.25, 0.3) is 0 Å².